The molecule has 2 nitrogen and oxygen atoms in total. The summed E-state index contributed by atoms with van der Waals surface area (Å²) in [6, 6.07) is 0. The van der Waals surface area contributed by atoms with E-state index in [2.05, 4.69) is 10.8 Å². The molecule has 1 aliphatic carbocycles. The molecule has 1 aromatic heterocycles. The summed E-state index contributed by atoms with van der Waals surface area (Å²) in [6.07, 6.45) is 11.8. The normalized spacial score (nSPS) is 22.6. The van der Waals surface area contributed by atoms with Crippen molar-refractivity contribution in [2.75, 3.05) is 0 Å². The zero-order chi connectivity index (χ0) is 9.38. The average Bonchev–Trinajstić information content (AvgIpc) is 2.86. The lowest BCUT2D eigenvalue weighted by Crippen LogP contribution is -2.08. The minimum Gasteiger partial charge on any atom is -0.335 e. The maximum Gasteiger partial charge on any atom is 0.108 e. The fourth-order valence-corrected chi connectivity index (χ4v) is 2.85. The third kappa shape index (κ3) is 1.37. The highest BCUT2D eigenvalue weighted by Crippen LogP contribution is 2.34. The van der Waals surface area contributed by atoms with Gasteiger partial charge in [0, 0.05) is 25.1 Å². The topological polar surface area (TPSA) is 17.8 Å². The van der Waals surface area contributed by atoms with Crippen LogP contribution in [0.2, 0.25) is 0 Å². The van der Waals surface area contributed by atoms with Crippen molar-refractivity contribution in [1.82, 2.24) is 9.55 Å². The smallest absolute Gasteiger partial charge is 0.108 e. The Morgan fingerprint density at radius 1 is 1.14 bits per heavy atom. The molecule has 0 aromatic carbocycles. The molecule has 1 aromatic rings. The first-order valence-electron chi connectivity index (χ1n) is 5.99. The number of aromatic nitrogens is 2. The molecule has 0 atom stereocenters. The second-order valence-corrected chi connectivity index (χ2v) is 4.71. The minimum absolute atomic E-state index is 0.785. The summed E-state index contributed by atoms with van der Waals surface area (Å²) >= 11 is 0. The average molecular weight is 190 g/mol. The lowest BCUT2D eigenvalue weighted by Gasteiger charge is -2.11. The molecule has 2 aliphatic rings. The Hall–Kier alpha value is -0.790. The van der Waals surface area contributed by atoms with Crippen molar-refractivity contribution < 1.29 is 0 Å². The van der Waals surface area contributed by atoms with Crippen LogP contribution in [-0.2, 0) is 13.0 Å². The fourth-order valence-electron chi connectivity index (χ4n) is 2.85. The van der Waals surface area contributed by atoms with Crippen molar-refractivity contribution in [1.29, 1.82) is 0 Å². The molecule has 0 bridgehead atoms. The Labute approximate surface area is 85.3 Å². The van der Waals surface area contributed by atoms with Crippen LogP contribution in [0, 0.1) is 0 Å². The van der Waals surface area contributed by atoms with Gasteiger partial charge in [-0.25, -0.2) is 4.98 Å². The van der Waals surface area contributed by atoms with E-state index in [9.17, 15) is 0 Å². The van der Waals surface area contributed by atoms with Crippen LogP contribution in [0.15, 0.2) is 6.20 Å². The highest BCUT2D eigenvalue weighted by Gasteiger charge is 2.21. The van der Waals surface area contributed by atoms with E-state index in [1.165, 1.54) is 63.0 Å². The van der Waals surface area contributed by atoms with Crippen LogP contribution in [0.4, 0.5) is 0 Å². The first-order valence-corrected chi connectivity index (χ1v) is 5.99. The molecule has 0 unspecified atom stereocenters. The van der Waals surface area contributed by atoms with E-state index in [0.29, 0.717) is 0 Å². The Balaban J connectivity index is 1.87. The van der Waals surface area contributed by atoms with Crippen molar-refractivity contribution >= 4 is 0 Å². The standard InChI is InChI=1S/C12H18N2/c1-2-6-10(5-1)11-9-14-8-4-3-7-12(14)13-11/h9-10H,1-8H2. The molecule has 0 spiro atoms. The summed E-state index contributed by atoms with van der Waals surface area (Å²) < 4.78 is 2.39. The van der Waals surface area contributed by atoms with Gasteiger partial charge in [0.05, 0.1) is 5.69 Å². The van der Waals surface area contributed by atoms with Crippen LogP contribution < -0.4 is 0 Å². The fraction of sp³-hybridized carbons (Fsp3) is 0.750. The number of fused-ring (bicyclic) bond motifs is 1. The van der Waals surface area contributed by atoms with E-state index in [1.54, 1.807) is 0 Å². The van der Waals surface area contributed by atoms with Crippen molar-refractivity contribution in [3.8, 4) is 0 Å². The van der Waals surface area contributed by atoms with Gasteiger partial charge >= 0.3 is 0 Å². The van der Waals surface area contributed by atoms with Gasteiger partial charge in [-0.05, 0) is 25.7 Å². The predicted octanol–water partition coefficient (Wildman–Crippen LogP) is 2.88. The minimum atomic E-state index is 0.785. The molecule has 0 amide bonds. The number of hydrogen-bond donors (Lipinski definition) is 0. The molecular formula is C12H18N2. The quantitative estimate of drug-likeness (QED) is 0.665. The SMILES string of the molecule is c1c(C2CCCC2)nc2n1CCCC2. The second-order valence-electron chi connectivity index (χ2n) is 4.71. The monoisotopic (exact) mass is 190 g/mol. The van der Waals surface area contributed by atoms with Crippen LogP contribution in [0.5, 0.6) is 0 Å². The summed E-state index contributed by atoms with van der Waals surface area (Å²) in [5.41, 5.74) is 1.39. The third-order valence-electron chi connectivity index (χ3n) is 3.70. The Morgan fingerprint density at radius 3 is 2.79 bits per heavy atom. The molecule has 76 valence electrons. The first-order chi connectivity index (χ1) is 6.93. The van der Waals surface area contributed by atoms with Crippen LogP contribution in [0.3, 0.4) is 0 Å². The Morgan fingerprint density at radius 2 is 2.00 bits per heavy atom. The molecule has 0 N–H and O–H groups in total. The van der Waals surface area contributed by atoms with Crippen molar-refractivity contribution in [3.05, 3.63) is 17.7 Å². The van der Waals surface area contributed by atoms with E-state index in [0.717, 1.165) is 5.92 Å². The van der Waals surface area contributed by atoms with Gasteiger partial charge in [0.25, 0.3) is 0 Å². The molecule has 1 saturated carbocycles. The number of hydrogen-bond acceptors (Lipinski definition) is 1. The van der Waals surface area contributed by atoms with E-state index in [4.69, 9.17) is 4.98 Å². The predicted molar refractivity (Wildman–Crippen MR) is 56.4 cm³/mol. The van der Waals surface area contributed by atoms with E-state index in [-0.39, 0.29) is 0 Å². The highest BCUT2D eigenvalue weighted by molar-refractivity contribution is 5.12. The summed E-state index contributed by atoms with van der Waals surface area (Å²) in [7, 11) is 0. The zero-order valence-corrected chi connectivity index (χ0v) is 8.71. The Kier molecular flexibility index (Phi) is 2.07. The van der Waals surface area contributed by atoms with Crippen LogP contribution in [0.25, 0.3) is 0 Å². The van der Waals surface area contributed by atoms with Gasteiger partial charge in [-0.3, -0.25) is 0 Å². The third-order valence-corrected chi connectivity index (χ3v) is 3.70. The summed E-state index contributed by atoms with van der Waals surface area (Å²) in [4.78, 5) is 4.80. The first kappa shape index (κ1) is 8.51. The molecular weight excluding hydrogens is 172 g/mol. The van der Waals surface area contributed by atoms with Crippen LogP contribution in [-0.4, -0.2) is 9.55 Å². The summed E-state index contributed by atoms with van der Waals surface area (Å²) in [5.74, 6) is 2.13. The second kappa shape index (κ2) is 3.41. The van der Waals surface area contributed by atoms with Gasteiger partial charge in [0.1, 0.15) is 5.82 Å². The van der Waals surface area contributed by atoms with Gasteiger partial charge in [-0.1, -0.05) is 12.8 Å². The van der Waals surface area contributed by atoms with Crippen LogP contribution in [0.1, 0.15) is 56.0 Å². The van der Waals surface area contributed by atoms with Crippen molar-refractivity contribution in [3.63, 3.8) is 0 Å². The maximum atomic E-state index is 4.80. The van der Waals surface area contributed by atoms with Gasteiger partial charge in [0.15, 0.2) is 0 Å². The number of nitrogens with zero attached hydrogens (tertiary/aromatic N) is 2. The summed E-state index contributed by atoms with van der Waals surface area (Å²) in [6.45, 7) is 1.20. The zero-order valence-electron chi connectivity index (χ0n) is 8.71. The number of aryl methyl sites for hydroxylation is 2. The van der Waals surface area contributed by atoms with Gasteiger partial charge < -0.3 is 4.57 Å². The molecule has 2 heteroatoms. The lowest BCUT2D eigenvalue weighted by atomic mass is 10.1. The van der Waals surface area contributed by atoms with Crippen molar-refractivity contribution in [2.24, 2.45) is 0 Å². The molecule has 1 fully saturated rings. The molecule has 1 aliphatic heterocycles. The van der Waals surface area contributed by atoms with Crippen molar-refractivity contribution in [2.45, 2.75) is 57.4 Å². The Bertz CT molecular complexity index is 298. The van der Waals surface area contributed by atoms with Gasteiger partial charge in [-0.2, -0.15) is 0 Å². The summed E-state index contributed by atoms with van der Waals surface area (Å²) in [5, 5.41) is 0. The molecule has 2 heterocycles. The number of rotatable bonds is 1. The molecule has 14 heavy (non-hydrogen) atoms. The molecule has 0 saturated heterocycles. The van der Waals surface area contributed by atoms with E-state index < -0.39 is 0 Å². The lowest BCUT2D eigenvalue weighted by molar-refractivity contribution is 0.522. The van der Waals surface area contributed by atoms with Gasteiger partial charge in [-0.15, -0.1) is 0 Å². The van der Waals surface area contributed by atoms with E-state index in [1.807, 2.05) is 0 Å². The largest absolute Gasteiger partial charge is 0.335 e. The number of imidazole rings is 1. The molecule has 3 rings (SSSR count). The van der Waals surface area contributed by atoms with Gasteiger partial charge in [0.2, 0.25) is 0 Å². The van der Waals surface area contributed by atoms with E-state index >= 15 is 0 Å². The van der Waals surface area contributed by atoms with Crippen LogP contribution >= 0.6 is 0 Å². The highest BCUT2D eigenvalue weighted by atomic mass is 15.1. The maximum absolute atomic E-state index is 4.80. The molecule has 0 radical (unpaired) electrons.